The van der Waals surface area contributed by atoms with Crippen molar-refractivity contribution in [3.63, 3.8) is 0 Å². The zero-order valence-electron chi connectivity index (χ0n) is 12.5. The minimum Gasteiger partial charge on any atom is -0.444 e. The first-order valence-electron chi connectivity index (χ1n) is 7.13. The lowest BCUT2D eigenvalue weighted by atomic mass is 10.1. The first-order valence-corrected chi connectivity index (χ1v) is 7.13. The number of nitrogens with one attached hydrogen (secondary N) is 2. The second-order valence-electron chi connectivity index (χ2n) is 6.23. The van der Waals surface area contributed by atoms with Crippen molar-refractivity contribution in [3.8, 4) is 0 Å². The van der Waals surface area contributed by atoms with E-state index in [1.807, 2.05) is 26.8 Å². The Kier molecular flexibility index (Phi) is 4.65. The Balaban J connectivity index is 1.80. The van der Waals surface area contributed by atoms with E-state index in [2.05, 4.69) is 15.5 Å². The van der Waals surface area contributed by atoms with E-state index in [0.29, 0.717) is 12.6 Å². The van der Waals surface area contributed by atoms with E-state index < -0.39 is 5.60 Å². The molecule has 0 bridgehead atoms. The Morgan fingerprint density at radius 1 is 1.60 bits per heavy atom. The smallest absolute Gasteiger partial charge is 0.410 e. The standard InChI is InChI=1S/C14H24N4O2/c1-14(2,3)20-13(19)18-8-4-5-12(10-18)15-9-11-6-7-16-17-11/h6-7,12,15H,4-5,8-10H2,1-3H3,(H,16,17). The Labute approximate surface area is 119 Å². The second kappa shape index (κ2) is 6.26. The molecule has 1 saturated heterocycles. The van der Waals surface area contributed by atoms with Crippen molar-refractivity contribution in [2.75, 3.05) is 13.1 Å². The molecule has 2 N–H and O–H groups in total. The molecular weight excluding hydrogens is 256 g/mol. The summed E-state index contributed by atoms with van der Waals surface area (Å²) >= 11 is 0. The van der Waals surface area contributed by atoms with Crippen LogP contribution in [-0.4, -0.2) is 45.9 Å². The summed E-state index contributed by atoms with van der Waals surface area (Å²) in [5.74, 6) is 0. The third-order valence-corrected chi connectivity index (χ3v) is 3.21. The number of carbonyl (C=O) groups excluding carboxylic acids is 1. The Hall–Kier alpha value is -1.56. The van der Waals surface area contributed by atoms with Crippen LogP contribution in [-0.2, 0) is 11.3 Å². The third-order valence-electron chi connectivity index (χ3n) is 3.21. The number of rotatable bonds is 3. The van der Waals surface area contributed by atoms with E-state index in [-0.39, 0.29) is 6.09 Å². The highest BCUT2D eigenvalue weighted by atomic mass is 16.6. The zero-order valence-corrected chi connectivity index (χ0v) is 12.5. The van der Waals surface area contributed by atoms with Crippen molar-refractivity contribution >= 4 is 6.09 Å². The molecule has 0 spiro atoms. The van der Waals surface area contributed by atoms with Crippen LogP contribution < -0.4 is 5.32 Å². The van der Waals surface area contributed by atoms with Crippen LogP contribution in [0.25, 0.3) is 0 Å². The Morgan fingerprint density at radius 2 is 2.40 bits per heavy atom. The number of likely N-dealkylation sites (tertiary alicyclic amines) is 1. The van der Waals surface area contributed by atoms with Gasteiger partial charge in [0.15, 0.2) is 0 Å². The van der Waals surface area contributed by atoms with Crippen LogP contribution in [0.4, 0.5) is 4.79 Å². The van der Waals surface area contributed by atoms with Gasteiger partial charge in [-0.3, -0.25) is 5.10 Å². The predicted molar refractivity (Wildman–Crippen MR) is 76.3 cm³/mol. The molecule has 1 aliphatic heterocycles. The topological polar surface area (TPSA) is 70.2 Å². The average molecular weight is 280 g/mol. The van der Waals surface area contributed by atoms with Crippen LogP contribution in [0, 0.1) is 0 Å². The number of piperidine rings is 1. The Morgan fingerprint density at radius 3 is 3.05 bits per heavy atom. The highest BCUT2D eigenvalue weighted by molar-refractivity contribution is 5.68. The number of aromatic amines is 1. The van der Waals surface area contributed by atoms with E-state index in [1.54, 1.807) is 11.1 Å². The molecule has 6 heteroatoms. The average Bonchev–Trinajstić information content (AvgIpc) is 2.88. The van der Waals surface area contributed by atoms with Gasteiger partial charge in [-0.2, -0.15) is 5.10 Å². The van der Waals surface area contributed by atoms with Crippen LogP contribution in [0.15, 0.2) is 12.3 Å². The van der Waals surface area contributed by atoms with Gasteiger partial charge in [-0.15, -0.1) is 0 Å². The van der Waals surface area contributed by atoms with Gasteiger partial charge in [0.25, 0.3) is 0 Å². The fourth-order valence-corrected chi connectivity index (χ4v) is 2.27. The largest absolute Gasteiger partial charge is 0.444 e. The molecule has 1 aromatic heterocycles. The van der Waals surface area contributed by atoms with Crippen LogP contribution in [0.2, 0.25) is 0 Å². The summed E-state index contributed by atoms with van der Waals surface area (Å²) in [5.41, 5.74) is 0.618. The zero-order chi connectivity index (χ0) is 14.6. The monoisotopic (exact) mass is 280 g/mol. The molecule has 0 saturated carbocycles. The van der Waals surface area contributed by atoms with Gasteiger partial charge in [0.05, 0.1) is 0 Å². The molecule has 6 nitrogen and oxygen atoms in total. The summed E-state index contributed by atoms with van der Waals surface area (Å²) in [6.45, 7) is 7.89. The SMILES string of the molecule is CC(C)(C)OC(=O)N1CCCC(NCc2ccn[nH]2)C1. The van der Waals surface area contributed by atoms with Crippen LogP contribution >= 0.6 is 0 Å². The summed E-state index contributed by atoms with van der Waals surface area (Å²) in [7, 11) is 0. The molecule has 0 aromatic carbocycles. The summed E-state index contributed by atoms with van der Waals surface area (Å²) in [5, 5.41) is 10.3. The maximum atomic E-state index is 12.1. The van der Waals surface area contributed by atoms with E-state index in [9.17, 15) is 4.79 Å². The number of carbonyl (C=O) groups is 1. The van der Waals surface area contributed by atoms with Gasteiger partial charge in [-0.25, -0.2) is 4.79 Å². The number of hydrogen-bond donors (Lipinski definition) is 2. The lowest BCUT2D eigenvalue weighted by Gasteiger charge is -2.34. The molecule has 1 aliphatic rings. The number of aromatic nitrogens is 2. The van der Waals surface area contributed by atoms with Crippen molar-refractivity contribution < 1.29 is 9.53 Å². The summed E-state index contributed by atoms with van der Waals surface area (Å²) in [4.78, 5) is 13.8. The lowest BCUT2D eigenvalue weighted by Crippen LogP contribution is -2.49. The highest BCUT2D eigenvalue weighted by Gasteiger charge is 2.27. The van der Waals surface area contributed by atoms with Crippen LogP contribution in [0.5, 0.6) is 0 Å². The molecule has 112 valence electrons. The van der Waals surface area contributed by atoms with Crippen molar-refractivity contribution in [1.29, 1.82) is 0 Å². The number of ether oxygens (including phenoxy) is 1. The third kappa shape index (κ3) is 4.52. The van der Waals surface area contributed by atoms with Crippen LogP contribution in [0.1, 0.15) is 39.3 Å². The van der Waals surface area contributed by atoms with E-state index in [4.69, 9.17) is 4.74 Å². The molecule has 1 amide bonds. The van der Waals surface area contributed by atoms with E-state index in [0.717, 1.165) is 31.6 Å². The van der Waals surface area contributed by atoms with Crippen molar-refractivity contribution in [2.45, 2.75) is 51.8 Å². The number of H-pyrrole nitrogens is 1. The van der Waals surface area contributed by atoms with Gasteiger partial charge in [0, 0.05) is 37.6 Å². The van der Waals surface area contributed by atoms with Gasteiger partial charge in [0.2, 0.25) is 0 Å². The minimum absolute atomic E-state index is 0.217. The molecule has 1 atom stereocenters. The van der Waals surface area contributed by atoms with Crippen molar-refractivity contribution in [1.82, 2.24) is 20.4 Å². The van der Waals surface area contributed by atoms with Gasteiger partial charge >= 0.3 is 6.09 Å². The van der Waals surface area contributed by atoms with Gasteiger partial charge in [-0.05, 0) is 39.7 Å². The fourth-order valence-electron chi connectivity index (χ4n) is 2.27. The molecule has 0 aliphatic carbocycles. The molecule has 2 heterocycles. The number of hydrogen-bond acceptors (Lipinski definition) is 4. The van der Waals surface area contributed by atoms with Gasteiger partial charge in [-0.1, -0.05) is 0 Å². The fraction of sp³-hybridized carbons (Fsp3) is 0.714. The maximum Gasteiger partial charge on any atom is 0.410 e. The molecular formula is C14H24N4O2. The Bertz CT molecular complexity index is 425. The molecule has 20 heavy (non-hydrogen) atoms. The maximum absolute atomic E-state index is 12.1. The van der Waals surface area contributed by atoms with E-state index >= 15 is 0 Å². The predicted octanol–water partition coefficient (Wildman–Crippen LogP) is 1.90. The van der Waals surface area contributed by atoms with Crippen molar-refractivity contribution in [3.05, 3.63) is 18.0 Å². The summed E-state index contributed by atoms with van der Waals surface area (Å²) in [6.07, 6.45) is 3.60. The second-order valence-corrected chi connectivity index (χ2v) is 6.23. The lowest BCUT2D eigenvalue weighted by molar-refractivity contribution is 0.0187. The number of nitrogens with zero attached hydrogens (tertiary/aromatic N) is 2. The van der Waals surface area contributed by atoms with Gasteiger partial charge in [0.1, 0.15) is 5.60 Å². The summed E-state index contributed by atoms with van der Waals surface area (Å²) in [6, 6.07) is 2.25. The van der Waals surface area contributed by atoms with Crippen LogP contribution in [0.3, 0.4) is 0 Å². The van der Waals surface area contributed by atoms with Crippen molar-refractivity contribution in [2.24, 2.45) is 0 Å². The molecule has 1 aromatic rings. The number of amides is 1. The van der Waals surface area contributed by atoms with E-state index in [1.165, 1.54) is 0 Å². The molecule has 1 unspecified atom stereocenters. The van der Waals surface area contributed by atoms with Gasteiger partial charge < -0.3 is 15.0 Å². The first kappa shape index (κ1) is 14.8. The summed E-state index contributed by atoms with van der Waals surface area (Å²) < 4.78 is 5.42. The molecule has 1 fully saturated rings. The first-order chi connectivity index (χ1) is 9.44. The normalized spacial score (nSPS) is 19.9. The molecule has 0 radical (unpaired) electrons. The molecule has 2 rings (SSSR count). The quantitative estimate of drug-likeness (QED) is 0.887. The minimum atomic E-state index is -0.437. The highest BCUT2D eigenvalue weighted by Crippen LogP contribution is 2.15.